The summed E-state index contributed by atoms with van der Waals surface area (Å²) >= 11 is 4.94. The predicted octanol–water partition coefficient (Wildman–Crippen LogP) is 1.53. The van der Waals surface area contributed by atoms with Gasteiger partial charge in [0.1, 0.15) is 5.57 Å². The second-order valence-electron chi connectivity index (χ2n) is 5.12. The molecule has 1 fully saturated rings. The van der Waals surface area contributed by atoms with Crippen molar-refractivity contribution in [3.8, 4) is 12.3 Å². The number of thiocarbonyl (C=S) groups is 1. The van der Waals surface area contributed by atoms with E-state index in [9.17, 15) is 9.59 Å². The third-order valence-corrected chi connectivity index (χ3v) is 4.06. The maximum atomic E-state index is 12.3. The third-order valence-electron chi connectivity index (χ3n) is 3.69. The molecule has 0 aliphatic carbocycles. The van der Waals surface area contributed by atoms with Crippen LogP contribution < -0.4 is 5.32 Å². The molecule has 0 saturated carbocycles. The van der Waals surface area contributed by atoms with E-state index in [0.29, 0.717) is 6.54 Å². The van der Waals surface area contributed by atoms with E-state index in [1.54, 1.807) is 6.08 Å². The summed E-state index contributed by atoms with van der Waals surface area (Å²) in [6.07, 6.45) is 8.81. The van der Waals surface area contributed by atoms with Crippen molar-refractivity contribution >= 4 is 46.1 Å². The van der Waals surface area contributed by atoms with Gasteiger partial charge in [-0.3, -0.25) is 19.8 Å². The molecule has 0 atom stereocenters. The second kappa shape index (κ2) is 5.71. The molecule has 0 unspecified atom stereocenters. The molecule has 0 radical (unpaired) electrons. The minimum absolute atomic E-state index is 0.0460. The first-order chi connectivity index (χ1) is 11.0. The number of likely N-dealkylation sites (N-methyl/N-ethyl adjacent to an activating group) is 1. The Bertz CT molecular complexity index is 918. The molecule has 1 aliphatic heterocycles. The van der Waals surface area contributed by atoms with Crippen molar-refractivity contribution < 1.29 is 9.59 Å². The van der Waals surface area contributed by atoms with Crippen LogP contribution in [0.2, 0.25) is 0 Å². The van der Waals surface area contributed by atoms with E-state index in [1.165, 1.54) is 11.9 Å². The molecule has 2 heterocycles. The van der Waals surface area contributed by atoms with Gasteiger partial charge in [0.25, 0.3) is 11.8 Å². The lowest BCUT2D eigenvalue weighted by Crippen LogP contribution is -2.52. The minimum atomic E-state index is -0.494. The van der Waals surface area contributed by atoms with Gasteiger partial charge >= 0.3 is 0 Å². The van der Waals surface area contributed by atoms with Gasteiger partial charge in [-0.1, -0.05) is 24.1 Å². The fourth-order valence-electron chi connectivity index (χ4n) is 2.52. The van der Waals surface area contributed by atoms with Crippen LogP contribution in [0.15, 0.2) is 36.0 Å². The molecule has 1 aliphatic rings. The maximum absolute atomic E-state index is 12.3. The summed E-state index contributed by atoms with van der Waals surface area (Å²) in [5, 5.41) is 3.53. The van der Waals surface area contributed by atoms with Crippen LogP contribution in [0.1, 0.15) is 5.56 Å². The number of nitrogens with zero attached hydrogens (tertiary/aromatic N) is 2. The Hall–Kier alpha value is -2.91. The van der Waals surface area contributed by atoms with Crippen LogP contribution in [-0.2, 0) is 16.1 Å². The minimum Gasteiger partial charge on any atom is -0.335 e. The molecule has 1 N–H and O–H groups in total. The first-order valence-electron chi connectivity index (χ1n) is 6.89. The highest BCUT2D eigenvalue weighted by Crippen LogP contribution is 2.24. The number of nitrogens with one attached hydrogen (secondary N) is 1. The van der Waals surface area contributed by atoms with Crippen molar-refractivity contribution in [3.63, 3.8) is 0 Å². The summed E-state index contributed by atoms with van der Waals surface area (Å²) in [5.41, 5.74) is 1.75. The van der Waals surface area contributed by atoms with Crippen molar-refractivity contribution in [3.05, 3.63) is 41.6 Å². The van der Waals surface area contributed by atoms with Crippen LogP contribution in [0.5, 0.6) is 0 Å². The predicted molar refractivity (Wildman–Crippen MR) is 92.3 cm³/mol. The summed E-state index contributed by atoms with van der Waals surface area (Å²) in [7, 11) is 1.53. The van der Waals surface area contributed by atoms with Crippen molar-refractivity contribution in [2.45, 2.75) is 6.54 Å². The number of benzene rings is 1. The molecule has 1 aromatic carbocycles. The summed E-state index contributed by atoms with van der Waals surface area (Å²) in [6.45, 7) is 0.411. The number of carbonyl (C=O) groups is 2. The zero-order chi connectivity index (χ0) is 16.6. The Labute approximate surface area is 138 Å². The number of para-hydroxylation sites is 1. The number of carbonyl (C=O) groups excluding carboxylic acids is 2. The Morgan fingerprint density at radius 3 is 2.83 bits per heavy atom. The van der Waals surface area contributed by atoms with Gasteiger partial charge in [0.2, 0.25) is 0 Å². The van der Waals surface area contributed by atoms with E-state index in [1.807, 2.05) is 35.0 Å². The van der Waals surface area contributed by atoms with E-state index in [-0.39, 0.29) is 10.7 Å². The van der Waals surface area contributed by atoms with Crippen LogP contribution in [-0.4, -0.2) is 33.4 Å². The Balaban J connectivity index is 2.14. The lowest BCUT2D eigenvalue weighted by atomic mass is 10.1. The lowest BCUT2D eigenvalue weighted by Gasteiger charge is -2.24. The lowest BCUT2D eigenvalue weighted by molar-refractivity contribution is -0.128. The molecule has 5 nitrogen and oxygen atoms in total. The van der Waals surface area contributed by atoms with Crippen LogP contribution >= 0.6 is 12.2 Å². The van der Waals surface area contributed by atoms with Crippen LogP contribution in [0.25, 0.3) is 17.0 Å². The molecule has 3 rings (SSSR count). The summed E-state index contributed by atoms with van der Waals surface area (Å²) < 4.78 is 1.90. The Morgan fingerprint density at radius 2 is 2.09 bits per heavy atom. The van der Waals surface area contributed by atoms with Gasteiger partial charge in [-0.2, -0.15) is 0 Å². The van der Waals surface area contributed by atoms with E-state index in [2.05, 4.69) is 11.2 Å². The summed E-state index contributed by atoms with van der Waals surface area (Å²) in [6, 6.07) is 7.68. The standard InChI is InChI=1S/C17H13N3O2S/c1-3-8-20-10-11(12-6-4-5-7-14(12)20)9-13-15(21)18-17(23)19(2)16(13)22/h1,4-7,9-10H,8H2,2H3,(H,18,21,23)/b13-9+. The van der Waals surface area contributed by atoms with Crippen molar-refractivity contribution in [1.29, 1.82) is 0 Å². The average molecular weight is 323 g/mol. The summed E-state index contributed by atoms with van der Waals surface area (Å²) in [5.74, 6) is 1.68. The number of aromatic nitrogens is 1. The van der Waals surface area contributed by atoms with Gasteiger partial charge in [-0.15, -0.1) is 6.42 Å². The van der Waals surface area contributed by atoms with E-state index >= 15 is 0 Å². The molecule has 114 valence electrons. The van der Waals surface area contributed by atoms with Gasteiger partial charge in [0.05, 0.1) is 6.54 Å². The molecular formula is C17H13N3O2S. The number of amides is 2. The average Bonchev–Trinajstić information content (AvgIpc) is 2.88. The highest BCUT2D eigenvalue weighted by Gasteiger charge is 2.31. The molecule has 0 spiro atoms. The van der Waals surface area contributed by atoms with Crippen LogP contribution in [0, 0.1) is 12.3 Å². The molecule has 1 aromatic heterocycles. The molecular weight excluding hydrogens is 310 g/mol. The topological polar surface area (TPSA) is 54.3 Å². The number of terminal acetylenes is 1. The molecule has 0 bridgehead atoms. The van der Waals surface area contributed by atoms with E-state index in [0.717, 1.165) is 16.5 Å². The largest absolute Gasteiger partial charge is 0.335 e. The van der Waals surface area contributed by atoms with Crippen LogP contribution in [0.3, 0.4) is 0 Å². The maximum Gasteiger partial charge on any atom is 0.265 e. The zero-order valence-corrected chi connectivity index (χ0v) is 13.2. The monoisotopic (exact) mass is 323 g/mol. The van der Waals surface area contributed by atoms with Crippen molar-refractivity contribution in [1.82, 2.24) is 14.8 Å². The Morgan fingerprint density at radius 1 is 1.35 bits per heavy atom. The molecule has 2 amide bonds. The normalized spacial score (nSPS) is 16.8. The second-order valence-corrected chi connectivity index (χ2v) is 5.50. The van der Waals surface area contributed by atoms with E-state index < -0.39 is 11.8 Å². The first kappa shape index (κ1) is 15.0. The zero-order valence-electron chi connectivity index (χ0n) is 12.4. The SMILES string of the molecule is C#CCn1cc(/C=C2\C(=O)NC(=S)N(C)C2=O)c2ccccc21. The number of hydrogen-bond acceptors (Lipinski definition) is 3. The van der Waals surface area contributed by atoms with Gasteiger partial charge in [0.15, 0.2) is 5.11 Å². The number of fused-ring (bicyclic) bond motifs is 1. The smallest absolute Gasteiger partial charge is 0.265 e. The van der Waals surface area contributed by atoms with Gasteiger partial charge in [0, 0.05) is 29.7 Å². The van der Waals surface area contributed by atoms with E-state index in [4.69, 9.17) is 18.6 Å². The number of rotatable bonds is 2. The molecule has 1 saturated heterocycles. The van der Waals surface area contributed by atoms with Gasteiger partial charge < -0.3 is 4.57 Å². The van der Waals surface area contributed by atoms with Gasteiger partial charge in [-0.05, 0) is 24.4 Å². The quantitative estimate of drug-likeness (QED) is 0.395. The highest BCUT2D eigenvalue weighted by molar-refractivity contribution is 7.80. The number of hydrogen-bond donors (Lipinski definition) is 1. The first-order valence-corrected chi connectivity index (χ1v) is 7.30. The van der Waals surface area contributed by atoms with Crippen molar-refractivity contribution in [2.24, 2.45) is 0 Å². The molecule has 23 heavy (non-hydrogen) atoms. The van der Waals surface area contributed by atoms with Crippen molar-refractivity contribution in [2.75, 3.05) is 7.05 Å². The fraction of sp³-hybridized carbons (Fsp3) is 0.118. The fourth-order valence-corrected chi connectivity index (χ4v) is 2.70. The van der Waals surface area contributed by atoms with Gasteiger partial charge in [-0.25, -0.2) is 0 Å². The molecule has 6 heteroatoms. The third kappa shape index (κ3) is 2.51. The molecule has 2 aromatic rings. The van der Waals surface area contributed by atoms with Crippen LogP contribution in [0.4, 0.5) is 0 Å². The Kier molecular flexibility index (Phi) is 3.72. The highest BCUT2D eigenvalue weighted by atomic mass is 32.1. The summed E-state index contributed by atoms with van der Waals surface area (Å²) in [4.78, 5) is 25.6.